The standard InChI is InChI=1S/C19H29FN4O4S/c1-19(2,3)21-17(25)13-22(4)18(26)14-23-9-11-24(12-10-23)29(27,28)16-7-5-15(20)6-8-16/h5-8H,9-14H2,1-4H3,(H,21,25). The molecule has 1 saturated heterocycles. The average molecular weight is 429 g/mol. The van der Waals surface area contributed by atoms with Gasteiger partial charge >= 0.3 is 0 Å². The van der Waals surface area contributed by atoms with E-state index in [4.69, 9.17) is 0 Å². The summed E-state index contributed by atoms with van der Waals surface area (Å²) < 4.78 is 39.6. The highest BCUT2D eigenvalue weighted by Gasteiger charge is 2.29. The van der Waals surface area contributed by atoms with E-state index in [0.29, 0.717) is 13.1 Å². The van der Waals surface area contributed by atoms with Gasteiger partial charge in [0.15, 0.2) is 0 Å². The number of benzene rings is 1. The fraction of sp³-hybridized carbons (Fsp3) is 0.579. The van der Waals surface area contributed by atoms with Gasteiger partial charge in [-0.1, -0.05) is 0 Å². The molecule has 0 radical (unpaired) electrons. The van der Waals surface area contributed by atoms with Gasteiger partial charge in [0.05, 0.1) is 18.0 Å². The maximum atomic E-state index is 13.0. The molecule has 10 heteroatoms. The predicted octanol–water partition coefficient (Wildman–Crippen LogP) is 0.505. The monoisotopic (exact) mass is 428 g/mol. The summed E-state index contributed by atoms with van der Waals surface area (Å²) in [5, 5.41) is 2.81. The normalized spacial score (nSPS) is 16.4. The van der Waals surface area contributed by atoms with Crippen LogP contribution in [0.15, 0.2) is 29.2 Å². The third-order valence-electron chi connectivity index (χ3n) is 4.46. The van der Waals surface area contributed by atoms with E-state index in [1.165, 1.54) is 21.3 Å². The minimum absolute atomic E-state index is 0.0327. The Morgan fingerprint density at radius 1 is 1.10 bits per heavy atom. The van der Waals surface area contributed by atoms with Crippen LogP contribution in [0.3, 0.4) is 0 Å². The summed E-state index contributed by atoms with van der Waals surface area (Å²) in [5.74, 6) is -0.931. The highest BCUT2D eigenvalue weighted by molar-refractivity contribution is 7.89. The number of nitrogens with zero attached hydrogens (tertiary/aromatic N) is 3. The molecule has 1 aromatic rings. The van der Waals surface area contributed by atoms with E-state index in [1.807, 2.05) is 25.7 Å². The maximum absolute atomic E-state index is 13.0. The summed E-state index contributed by atoms with van der Waals surface area (Å²) in [7, 11) is -2.12. The van der Waals surface area contributed by atoms with Gasteiger partial charge in [0.1, 0.15) is 5.82 Å². The zero-order valence-electron chi connectivity index (χ0n) is 17.3. The first-order valence-electron chi connectivity index (χ1n) is 9.41. The zero-order valence-corrected chi connectivity index (χ0v) is 18.1. The molecule has 162 valence electrons. The molecule has 2 amide bonds. The van der Waals surface area contributed by atoms with Crippen molar-refractivity contribution in [1.82, 2.24) is 19.4 Å². The molecule has 0 bridgehead atoms. The minimum atomic E-state index is -3.69. The number of carbonyl (C=O) groups excluding carboxylic acids is 2. The van der Waals surface area contributed by atoms with Crippen molar-refractivity contribution in [2.45, 2.75) is 31.2 Å². The van der Waals surface area contributed by atoms with E-state index in [9.17, 15) is 22.4 Å². The summed E-state index contributed by atoms with van der Waals surface area (Å²) in [6, 6.07) is 4.73. The molecule has 1 N–H and O–H groups in total. The number of sulfonamides is 1. The van der Waals surface area contributed by atoms with Crippen molar-refractivity contribution in [3.8, 4) is 0 Å². The summed E-state index contributed by atoms with van der Waals surface area (Å²) in [5.41, 5.74) is -0.368. The van der Waals surface area contributed by atoms with Gasteiger partial charge in [-0.25, -0.2) is 12.8 Å². The van der Waals surface area contributed by atoms with Gasteiger partial charge in [-0.2, -0.15) is 4.31 Å². The Morgan fingerprint density at radius 3 is 2.17 bits per heavy atom. The Bertz CT molecular complexity index is 829. The largest absolute Gasteiger partial charge is 0.350 e. The smallest absolute Gasteiger partial charge is 0.243 e. The topological polar surface area (TPSA) is 90.0 Å². The molecule has 0 atom stereocenters. The molecule has 8 nitrogen and oxygen atoms in total. The SMILES string of the molecule is CN(CC(=O)NC(C)(C)C)C(=O)CN1CCN(S(=O)(=O)c2ccc(F)cc2)CC1. The maximum Gasteiger partial charge on any atom is 0.243 e. The quantitative estimate of drug-likeness (QED) is 0.713. The Kier molecular flexibility index (Phi) is 7.36. The van der Waals surface area contributed by atoms with Gasteiger partial charge < -0.3 is 10.2 Å². The Hall–Kier alpha value is -2.04. The third-order valence-corrected chi connectivity index (χ3v) is 6.38. The molecule has 0 spiro atoms. The third kappa shape index (κ3) is 6.76. The number of nitrogens with one attached hydrogen (secondary N) is 1. The molecule has 1 fully saturated rings. The van der Waals surface area contributed by atoms with Gasteiger partial charge in [0.25, 0.3) is 0 Å². The van der Waals surface area contributed by atoms with Gasteiger partial charge in [-0.05, 0) is 45.0 Å². The van der Waals surface area contributed by atoms with Crippen LogP contribution in [-0.2, 0) is 19.6 Å². The van der Waals surface area contributed by atoms with E-state index in [1.54, 1.807) is 7.05 Å². The molecule has 1 heterocycles. The Balaban J connectivity index is 1.85. The predicted molar refractivity (Wildman–Crippen MR) is 107 cm³/mol. The van der Waals surface area contributed by atoms with E-state index in [-0.39, 0.29) is 48.4 Å². The van der Waals surface area contributed by atoms with Crippen LogP contribution >= 0.6 is 0 Å². The second kappa shape index (κ2) is 9.19. The second-order valence-corrected chi connectivity index (χ2v) is 10.1. The molecule has 1 aliphatic heterocycles. The molecular formula is C19H29FN4O4S. The highest BCUT2D eigenvalue weighted by atomic mass is 32.2. The molecule has 0 aromatic heterocycles. The second-order valence-electron chi connectivity index (χ2n) is 8.18. The van der Waals surface area contributed by atoms with Crippen LogP contribution in [0.2, 0.25) is 0 Å². The van der Waals surface area contributed by atoms with E-state index in [0.717, 1.165) is 12.1 Å². The van der Waals surface area contributed by atoms with Crippen molar-refractivity contribution in [2.24, 2.45) is 0 Å². The Labute approximate surface area is 171 Å². The molecule has 0 unspecified atom stereocenters. The summed E-state index contributed by atoms with van der Waals surface area (Å²) in [4.78, 5) is 27.6. The van der Waals surface area contributed by atoms with Crippen LogP contribution in [0, 0.1) is 5.82 Å². The summed E-state index contributed by atoms with van der Waals surface area (Å²) in [6.45, 7) is 6.95. The molecule has 2 rings (SSSR count). The molecule has 1 aliphatic rings. The number of rotatable bonds is 6. The molecule has 0 aliphatic carbocycles. The lowest BCUT2D eigenvalue weighted by Gasteiger charge is -2.34. The number of likely N-dealkylation sites (N-methyl/N-ethyl adjacent to an activating group) is 1. The number of hydrogen-bond acceptors (Lipinski definition) is 5. The van der Waals surface area contributed by atoms with Gasteiger partial charge in [0.2, 0.25) is 21.8 Å². The minimum Gasteiger partial charge on any atom is -0.350 e. The van der Waals surface area contributed by atoms with Crippen LogP contribution in [0.4, 0.5) is 4.39 Å². The highest BCUT2D eigenvalue weighted by Crippen LogP contribution is 2.18. The van der Waals surface area contributed by atoms with Gasteiger partial charge in [0, 0.05) is 38.8 Å². The van der Waals surface area contributed by atoms with Crippen molar-refractivity contribution < 1.29 is 22.4 Å². The lowest BCUT2D eigenvalue weighted by atomic mass is 10.1. The fourth-order valence-electron chi connectivity index (χ4n) is 2.96. The van der Waals surface area contributed by atoms with Crippen molar-refractivity contribution in [2.75, 3.05) is 46.3 Å². The van der Waals surface area contributed by atoms with E-state index >= 15 is 0 Å². The van der Waals surface area contributed by atoms with Gasteiger partial charge in [-0.3, -0.25) is 14.5 Å². The lowest BCUT2D eigenvalue weighted by Crippen LogP contribution is -2.52. The number of carbonyl (C=O) groups is 2. The van der Waals surface area contributed by atoms with Crippen LogP contribution in [0.5, 0.6) is 0 Å². The number of halogens is 1. The number of hydrogen-bond donors (Lipinski definition) is 1. The molecular weight excluding hydrogens is 399 g/mol. The molecule has 1 aromatic carbocycles. The zero-order chi connectivity index (χ0) is 21.8. The first kappa shape index (κ1) is 23.2. The molecule has 0 saturated carbocycles. The molecule has 29 heavy (non-hydrogen) atoms. The van der Waals surface area contributed by atoms with E-state index in [2.05, 4.69) is 5.32 Å². The summed E-state index contributed by atoms with van der Waals surface area (Å²) >= 11 is 0. The first-order valence-corrected chi connectivity index (χ1v) is 10.9. The van der Waals surface area contributed by atoms with Crippen LogP contribution in [-0.4, -0.2) is 86.2 Å². The number of amides is 2. The van der Waals surface area contributed by atoms with Crippen molar-refractivity contribution in [3.63, 3.8) is 0 Å². The average Bonchev–Trinajstić information content (AvgIpc) is 2.60. The Morgan fingerprint density at radius 2 is 1.66 bits per heavy atom. The summed E-state index contributed by atoms with van der Waals surface area (Å²) in [6.07, 6.45) is 0. The fourth-order valence-corrected chi connectivity index (χ4v) is 4.38. The van der Waals surface area contributed by atoms with Crippen LogP contribution < -0.4 is 5.32 Å². The van der Waals surface area contributed by atoms with Gasteiger partial charge in [-0.15, -0.1) is 0 Å². The van der Waals surface area contributed by atoms with Crippen LogP contribution in [0.1, 0.15) is 20.8 Å². The van der Waals surface area contributed by atoms with Crippen molar-refractivity contribution in [3.05, 3.63) is 30.1 Å². The van der Waals surface area contributed by atoms with Crippen LogP contribution in [0.25, 0.3) is 0 Å². The number of piperazine rings is 1. The van der Waals surface area contributed by atoms with E-state index < -0.39 is 15.8 Å². The van der Waals surface area contributed by atoms with Crippen molar-refractivity contribution >= 4 is 21.8 Å². The van der Waals surface area contributed by atoms with Crippen molar-refractivity contribution in [1.29, 1.82) is 0 Å². The lowest BCUT2D eigenvalue weighted by molar-refractivity contribution is -0.136. The first-order chi connectivity index (χ1) is 13.4.